The number of thioether (sulfide) groups is 2. The second kappa shape index (κ2) is 11.9. The number of nitro groups is 2. The van der Waals surface area contributed by atoms with Gasteiger partial charge in [-0.15, -0.1) is 0 Å². The third-order valence-electron chi connectivity index (χ3n) is 4.13. The highest BCUT2D eigenvalue weighted by Gasteiger charge is 2.25. The van der Waals surface area contributed by atoms with Crippen LogP contribution in [-0.2, 0) is 0 Å². The van der Waals surface area contributed by atoms with E-state index in [1.807, 2.05) is 9.80 Å². The van der Waals surface area contributed by atoms with Gasteiger partial charge in [0.05, 0.1) is 11.5 Å². The Bertz CT molecular complexity index is 483. The molecule has 1 fully saturated rings. The van der Waals surface area contributed by atoms with E-state index in [0.717, 1.165) is 0 Å². The number of piperazine rings is 1. The maximum absolute atomic E-state index is 10.9. The predicted octanol–water partition coefficient (Wildman–Crippen LogP) is 2.75. The number of thiocarbonyl (C=S) groups is 2. The minimum Gasteiger partial charge on any atom is -0.354 e. The van der Waals surface area contributed by atoms with Gasteiger partial charge in [0, 0.05) is 48.9 Å². The van der Waals surface area contributed by atoms with Crippen LogP contribution in [0.3, 0.4) is 0 Å². The van der Waals surface area contributed by atoms with E-state index in [4.69, 9.17) is 24.4 Å². The van der Waals surface area contributed by atoms with Crippen LogP contribution in [0.5, 0.6) is 0 Å². The largest absolute Gasteiger partial charge is 0.354 e. The Labute approximate surface area is 172 Å². The van der Waals surface area contributed by atoms with Gasteiger partial charge in [0.15, 0.2) is 0 Å². The van der Waals surface area contributed by atoms with Gasteiger partial charge in [-0.1, -0.05) is 61.8 Å². The van der Waals surface area contributed by atoms with Crippen molar-refractivity contribution in [2.75, 3.05) is 37.7 Å². The van der Waals surface area contributed by atoms with Gasteiger partial charge >= 0.3 is 0 Å². The lowest BCUT2D eigenvalue weighted by Gasteiger charge is -2.37. The second-order valence-electron chi connectivity index (χ2n) is 5.82. The topological polar surface area (TPSA) is 92.8 Å². The molecule has 0 aromatic heterocycles. The quantitative estimate of drug-likeness (QED) is 0.318. The van der Waals surface area contributed by atoms with Gasteiger partial charge in [0.2, 0.25) is 12.1 Å². The van der Waals surface area contributed by atoms with Gasteiger partial charge in [-0.05, 0) is 0 Å². The molecule has 0 aliphatic carbocycles. The molecule has 2 unspecified atom stereocenters. The summed E-state index contributed by atoms with van der Waals surface area (Å²) in [4.78, 5) is 25.3. The van der Waals surface area contributed by atoms with Crippen LogP contribution >= 0.6 is 48.0 Å². The summed E-state index contributed by atoms with van der Waals surface area (Å²) in [7, 11) is 0. The smallest absolute Gasteiger partial charge is 0.222 e. The standard InChI is InChI=1S/C14H24N4O4S4/c1-3-11(17(19)20)9-25-13(23)15-5-7-16(8-6-15)14(24)26-10-12(4-2)18(21)22/h11-12H,3-10H2,1-2H3. The van der Waals surface area contributed by atoms with Crippen LogP contribution in [0.4, 0.5) is 0 Å². The number of hydrogen-bond donors (Lipinski definition) is 0. The summed E-state index contributed by atoms with van der Waals surface area (Å²) in [5.41, 5.74) is 0. The van der Waals surface area contributed by atoms with Crippen LogP contribution in [0.15, 0.2) is 0 Å². The molecule has 0 bridgehead atoms. The van der Waals surface area contributed by atoms with E-state index >= 15 is 0 Å². The average molecular weight is 441 g/mol. The lowest BCUT2D eigenvalue weighted by atomic mass is 10.3. The number of nitrogens with zero attached hydrogens (tertiary/aromatic N) is 4. The summed E-state index contributed by atoms with van der Waals surface area (Å²) in [6.07, 6.45) is 0.982. The Morgan fingerprint density at radius 3 is 1.42 bits per heavy atom. The molecule has 8 nitrogen and oxygen atoms in total. The fourth-order valence-electron chi connectivity index (χ4n) is 2.24. The van der Waals surface area contributed by atoms with Crippen LogP contribution in [0.2, 0.25) is 0 Å². The van der Waals surface area contributed by atoms with Crippen molar-refractivity contribution in [3.8, 4) is 0 Å². The van der Waals surface area contributed by atoms with Crippen molar-refractivity contribution in [3.63, 3.8) is 0 Å². The molecule has 1 aliphatic heterocycles. The third kappa shape index (κ3) is 7.49. The fourth-order valence-corrected chi connectivity index (χ4v) is 5.13. The highest BCUT2D eigenvalue weighted by Crippen LogP contribution is 2.19. The Morgan fingerprint density at radius 1 is 0.885 bits per heavy atom. The van der Waals surface area contributed by atoms with Gasteiger partial charge < -0.3 is 9.80 Å². The summed E-state index contributed by atoms with van der Waals surface area (Å²) in [5, 5.41) is 21.8. The molecular weight excluding hydrogens is 416 g/mol. The maximum Gasteiger partial charge on any atom is 0.222 e. The predicted molar refractivity (Wildman–Crippen MR) is 115 cm³/mol. The molecule has 0 aromatic rings. The molecule has 1 aliphatic rings. The zero-order valence-electron chi connectivity index (χ0n) is 14.9. The summed E-state index contributed by atoms with van der Waals surface area (Å²) < 4.78 is 1.37. The summed E-state index contributed by atoms with van der Waals surface area (Å²) in [6, 6.07) is -1.15. The maximum atomic E-state index is 10.9. The molecule has 2 atom stereocenters. The van der Waals surface area contributed by atoms with Gasteiger partial charge in [-0.2, -0.15) is 0 Å². The van der Waals surface area contributed by atoms with E-state index in [2.05, 4.69) is 0 Å². The van der Waals surface area contributed by atoms with E-state index in [0.29, 0.717) is 59.2 Å². The summed E-state index contributed by atoms with van der Waals surface area (Å²) in [5.74, 6) is 0.770. The third-order valence-corrected chi connectivity index (χ3v) is 7.47. The van der Waals surface area contributed by atoms with Crippen molar-refractivity contribution < 1.29 is 9.85 Å². The van der Waals surface area contributed by atoms with Crippen molar-refractivity contribution in [2.24, 2.45) is 0 Å². The van der Waals surface area contributed by atoms with E-state index in [9.17, 15) is 20.2 Å². The lowest BCUT2D eigenvalue weighted by Crippen LogP contribution is -2.49. The van der Waals surface area contributed by atoms with Gasteiger partial charge in [0.25, 0.3) is 0 Å². The van der Waals surface area contributed by atoms with E-state index < -0.39 is 12.1 Å². The minimum atomic E-state index is -0.573. The Kier molecular flexibility index (Phi) is 10.7. The first kappa shape index (κ1) is 23.3. The fraction of sp³-hybridized carbons (Fsp3) is 0.857. The number of rotatable bonds is 8. The van der Waals surface area contributed by atoms with Crippen LogP contribution in [0, 0.1) is 20.2 Å². The van der Waals surface area contributed by atoms with E-state index in [1.54, 1.807) is 13.8 Å². The molecule has 148 valence electrons. The SMILES string of the molecule is CCC(CSC(=S)N1CCN(C(=S)SCC(CC)[N+](=O)[O-])CC1)[N+](=O)[O-]. The van der Waals surface area contributed by atoms with Crippen molar-refractivity contribution in [3.05, 3.63) is 20.2 Å². The summed E-state index contributed by atoms with van der Waals surface area (Å²) in [6.45, 7) is 6.41. The molecule has 26 heavy (non-hydrogen) atoms. The van der Waals surface area contributed by atoms with Crippen LogP contribution in [0.25, 0.3) is 0 Å². The minimum absolute atomic E-state index is 0.252. The molecule has 12 heteroatoms. The molecule has 1 rings (SSSR count). The molecule has 0 N–H and O–H groups in total. The van der Waals surface area contributed by atoms with Crippen molar-refractivity contribution in [1.82, 2.24) is 9.80 Å². The van der Waals surface area contributed by atoms with Crippen molar-refractivity contribution in [1.29, 1.82) is 0 Å². The Morgan fingerprint density at radius 2 is 1.19 bits per heavy atom. The first-order valence-corrected chi connectivity index (χ1v) is 11.2. The van der Waals surface area contributed by atoms with Crippen molar-refractivity contribution in [2.45, 2.75) is 38.8 Å². The molecule has 0 aromatic carbocycles. The van der Waals surface area contributed by atoms with Crippen molar-refractivity contribution >= 4 is 56.6 Å². The summed E-state index contributed by atoms with van der Waals surface area (Å²) >= 11 is 13.5. The average Bonchev–Trinajstić information content (AvgIpc) is 2.62. The van der Waals surface area contributed by atoms with Gasteiger partial charge in [-0.25, -0.2) is 0 Å². The lowest BCUT2D eigenvalue weighted by molar-refractivity contribution is -0.516. The van der Waals surface area contributed by atoms with Crippen LogP contribution < -0.4 is 0 Å². The highest BCUT2D eigenvalue weighted by atomic mass is 32.2. The molecule has 1 saturated heterocycles. The van der Waals surface area contributed by atoms with Gasteiger partial charge in [0.1, 0.15) is 8.64 Å². The van der Waals surface area contributed by atoms with Crippen LogP contribution in [-0.4, -0.2) is 78.1 Å². The van der Waals surface area contributed by atoms with E-state index in [1.165, 1.54) is 23.5 Å². The highest BCUT2D eigenvalue weighted by molar-refractivity contribution is 8.23. The number of hydrogen-bond acceptors (Lipinski definition) is 8. The molecule has 0 saturated carbocycles. The van der Waals surface area contributed by atoms with Crippen LogP contribution in [0.1, 0.15) is 26.7 Å². The second-order valence-corrected chi connectivity index (χ2v) is 9.13. The van der Waals surface area contributed by atoms with E-state index in [-0.39, 0.29) is 9.85 Å². The first-order chi connectivity index (χ1) is 12.3. The normalized spacial score (nSPS) is 16.8. The zero-order valence-corrected chi connectivity index (χ0v) is 18.1. The Hall–Kier alpha value is -0.720. The zero-order chi connectivity index (χ0) is 19.7. The van der Waals surface area contributed by atoms with Gasteiger partial charge in [-0.3, -0.25) is 20.2 Å². The molecular formula is C14H24N4O4S4. The molecule has 0 amide bonds. The molecule has 0 spiro atoms. The molecule has 1 heterocycles. The molecule has 0 radical (unpaired) electrons. The first-order valence-electron chi connectivity index (χ1n) is 8.40. The monoisotopic (exact) mass is 440 g/mol. The Balaban J connectivity index is 2.37.